The van der Waals surface area contributed by atoms with E-state index in [1.54, 1.807) is 12.1 Å². The molecule has 1 atom stereocenters. The molecule has 0 spiro atoms. The maximum absolute atomic E-state index is 12.6. The smallest absolute Gasteiger partial charge is 0.272 e. The van der Waals surface area contributed by atoms with Crippen LogP contribution >= 0.6 is 0 Å². The van der Waals surface area contributed by atoms with Crippen molar-refractivity contribution in [2.45, 2.75) is 38.1 Å². The van der Waals surface area contributed by atoms with Crippen molar-refractivity contribution in [3.63, 3.8) is 0 Å². The van der Waals surface area contributed by atoms with Gasteiger partial charge in [0.05, 0.1) is 18.2 Å². The van der Waals surface area contributed by atoms with Crippen molar-refractivity contribution in [1.29, 1.82) is 0 Å². The molecule has 2 aliphatic heterocycles. The van der Waals surface area contributed by atoms with E-state index >= 15 is 0 Å². The minimum atomic E-state index is -0.402. The summed E-state index contributed by atoms with van der Waals surface area (Å²) < 4.78 is 17.5. The average molecular weight is 424 g/mol. The van der Waals surface area contributed by atoms with E-state index in [9.17, 15) is 9.59 Å². The Labute approximate surface area is 178 Å². The zero-order valence-electron chi connectivity index (χ0n) is 17.2. The number of carbonyl (C=O) groups excluding carboxylic acids is 1. The summed E-state index contributed by atoms with van der Waals surface area (Å²) in [7, 11) is 0. The van der Waals surface area contributed by atoms with E-state index in [-0.39, 0.29) is 24.7 Å². The maximum Gasteiger partial charge on any atom is 0.272 e. The van der Waals surface area contributed by atoms with Crippen molar-refractivity contribution < 1.29 is 19.0 Å². The normalized spacial score (nSPS) is 17.1. The van der Waals surface area contributed by atoms with Gasteiger partial charge in [0.25, 0.3) is 5.56 Å². The number of amides is 1. The van der Waals surface area contributed by atoms with Crippen LogP contribution in [0, 0.1) is 0 Å². The summed E-state index contributed by atoms with van der Waals surface area (Å²) in [6, 6.07) is 8.42. The summed E-state index contributed by atoms with van der Waals surface area (Å²) in [5, 5.41) is 6.10. The number of fused-ring (bicyclic) bond motifs is 2. The highest BCUT2D eigenvalue weighted by atomic mass is 16.7. The monoisotopic (exact) mass is 424 g/mol. The van der Waals surface area contributed by atoms with E-state index in [4.69, 9.17) is 14.2 Å². The molecule has 5 rings (SSSR count). The van der Waals surface area contributed by atoms with Gasteiger partial charge < -0.3 is 19.5 Å². The van der Waals surface area contributed by atoms with Gasteiger partial charge >= 0.3 is 0 Å². The Morgan fingerprint density at radius 2 is 2.03 bits per heavy atom. The van der Waals surface area contributed by atoms with Crippen LogP contribution in [0.2, 0.25) is 0 Å². The predicted molar refractivity (Wildman–Crippen MR) is 111 cm³/mol. The predicted octanol–water partition coefficient (Wildman–Crippen LogP) is 2.07. The lowest BCUT2D eigenvalue weighted by Crippen LogP contribution is -2.30. The van der Waals surface area contributed by atoms with Crippen molar-refractivity contribution in [2.24, 2.45) is 0 Å². The molecule has 1 fully saturated rings. The Bertz CT molecular complexity index is 1180. The van der Waals surface area contributed by atoms with Crippen LogP contribution in [-0.4, -0.2) is 40.5 Å². The first-order valence-electron chi connectivity index (χ1n) is 10.4. The minimum Gasteiger partial charge on any atom is -0.454 e. The lowest BCUT2D eigenvalue weighted by Gasteiger charge is -2.20. The number of nitrogens with one attached hydrogen (secondary N) is 2. The molecule has 1 aromatic carbocycles. The molecule has 31 heavy (non-hydrogen) atoms. The molecule has 0 aliphatic carbocycles. The number of aromatic amines is 1. The molecule has 4 heterocycles. The Balaban J connectivity index is 1.30. The van der Waals surface area contributed by atoms with Gasteiger partial charge in [-0.2, -0.15) is 0 Å². The van der Waals surface area contributed by atoms with Crippen LogP contribution in [0.25, 0.3) is 5.65 Å². The van der Waals surface area contributed by atoms with E-state index in [1.807, 2.05) is 19.1 Å². The topological polar surface area (TPSA) is 107 Å². The Morgan fingerprint density at radius 1 is 1.23 bits per heavy atom. The number of aromatic nitrogens is 3. The second kappa shape index (κ2) is 8.07. The molecule has 9 nitrogen and oxygen atoms in total. The van der Waals surface area contributed by atoms with Gasteiger partial charge in [-0.3, -0.25) is 14.7 Å². The zero-order chi connectivity index (χ0) is 21.4. The highest BCUT2D eigenvalue weighted by Crippen LogP contribution is 2.32. The molecular formula is C22H24N4O5. The van der Waals surface area contributed by atoms with Crippen LogP contribution in [0.15, 0.2) is 35.1 Å². The van der Waals surface area contributed by atoms with E-state index in [0.717, 1.165) is 37.3 Å². The van der Waals surface area contributed by atoms with Crippen LogP contribution in [0.1, 0.15) is 48.7 Å². The second-order valence-corrected chi connectivity index (χ2v) is 7.96. The molecule has 0 bridgehead atoms. The van der Waals surface area contributed by atoms with Crippen LogP contribution in [-0.2, 0) is 16.0 Å². The Morgan fingerprint density at radius 3 is 2.87 bits per heavy atom. The third kappa shape index (κ3) is 4.00. The zero-order valence-corrected chi connectivity index (χ0v) is 17.2. The van der Waals surface area contributed by atoms with Crippen LogP contribution < -0.4 is 20.3 Å². The number of ether oxygens (including phenoxy) is 3. The SMILES string of the molecule is CC(NC(=O)Cc1ccc2c(c1)OCO2)c1cc(=O)n2[nH]c(C3CCOCC3)cc2n1. The molecule has 0 saturated carbocycles. The lowest BCUT2D eigenvalue weighted by molar-refractivity contribution is -0.121. The van der Waals surface area contributed by atoms with Crippen molar-refractivity contribution in [3.8, 4) is 11.5 Å². The standard InChI is InChI=1S/C22H24N4O5/c1-13(23-21(27)9-14-2-3-18-19(8-14)31-12-30-18)16-11-22(28)26-20(24-16)10-17(25-26)15-4-6-29-7-5-15/h2-3,8,10-11,13,15,25H,4-7,9,12H2,1H3,(H,23,27). The van der Waals surface area contributed by atoms with Crippen LogP contribution in [0.4, 0.5) is 0 Å². The van der Waals surface area contributed by atoms with Gasteiger partial charge in [-0.25, -0.2) is 9.50 Å². The van der Waals surface area contributed by atoms with Crippen LogP contribution in [0.5, 0.6) is 11.5 Å². The number of hydrogen-bond acceptors (Lipinski definition) is 6. The summed E-state index contributed by atoms with van der Waals surface area (Å²) in [6.07, 6.45) is 2.03. The number of nitrogens with zero attached hydrogens (tertiary/aromatic N) is 2. The van der Waals surface area contributed by atoms with Gasteiger partial charge in [0.15, 0.2) is 17.1 Å². The highest BCUT2D eigenvalue weighted by Gasteiger charge is 2.20. The molecule has 9 heteroatoms. The molecule has 3 aromatic rings. The van der Waals surface area contributed by atoms with E-state index in [0.29, 0.717) is 28.8 Å². The third-order valence-corrected chi connectivity index (χ3v) is 5.77. The lowest BCUT2D eigenvalue weighted by atomic mass is 9.97. The van der Waals surface area contributed by atoms with Crippen molar-refractivity contribution in [2.75, 3.05) is 20.0 Å². The van der Waals surface area contributed by atoms with Crippen LogP contribution in [0.3, 0.4) is 0 Å². The Kier molecular flexibility index (Phi) is 5.11. The largest absolute Gasteiger partial charge is 0.454 e. The summed E-state index contributed by atoms with van der Waals surface area (Å²) in [4.78, 5) is 29.8. The minimum absolute atomic E-state index is 0.162. The number of benzene rings is 1. The summed E-state index contributed by atoms with van der Waals surface area (Å²) >= 11 is 0. The first-order chi connectivity index (χ1) is 15.1. The molecule has 162 valence electrons. The van der Waals surface area contributed by atoms with E-state index in [1.165, 1.54) is 10.6 Å². The summed E-state index contributed by atoms with van der Waals surface area (Å²) in [6.45, 7) is 3.46. The number of H-pyrrole nitrogens is 1. The number of hydrogen-bond donors (Lipinski definition) is 2. The van der Waals surface area contributed by atoms with E-state index in [2.05, 4.69) is 15.4 Å². The van der Waals surface area contributed by atoms with Gasteiger partial charge in [-0.1, -0.05) is 6.07 Å². The van der Waals surface area contributed by atoms with Crippen molar-refractivity contribution >= 4 is 11.6 Å². The average Bonchev–Trinajstić information content (AvgIpc) is 3.41. The van der Waals surface area contributed by atoms with Gasteiger partial charge in [0.1, 0.15) is 0 Å². The van der Waals surface area contributed by atoms with Crippen molar-refractivity contribution in [1.82, 2.24) is 19.9 Å². The molecular weight excluding hydrogens is 400 g/mol. The first kappa shape index (κ1) is 19.6. The fourth-order valence-corrected chi connectivity index (χ4v) is 4.07. The summed E-state index contributed by atoms with van der Waals surface area (Å²) in [5.74, 6) is 1.50. The van der Waals surface area contributed by atoms with Crippen molar-refractivity contribution in [3.05, 3.63) is 57.6 Å². The molecule has 1 saturated heterocycles. The second-order valence-electron chi connectivity index (χ2n) is 7.96. The summed E-state index contributed by atoms with van der Waals surface area (Å²) in [5.41, 5.74) is 2.70. The number of carbonyl (C=O) groups is 1. The first-order valence-corrected chi connectivity index (χ1v) is 10.4. The number of rotatable bonds is 5. The van der Waals surface area contributed by atoms with Gasteiger partial charge in [-0.15, -0.1) is 0 Å². The van der Waals surface area contributed by atoms with Gasteiger partial charge in [0.2, 0.25) is 12.7 Å². The molecule has 2 aliphatic rings. The Hall–Kier alpha value is -3.33. The van der Waals surface area contributed by atoms with Gasteiger partial charge in [0, 0.05) is 37.0 Å². The maximum atomic E-state index is 12.6. The molecule has 0 radical (unpaired) electrons. The van der Waals surface area contributed by atoms with E-state index < -0.39 is 6.04 Å². The highest BCUT2D eigenvalue weighted by molar-refractivity contribution is 5.79. The fraction of sp³-hybridized carbons (Fsp3) is 0.409. The molecule has 1 amide bonds. The third-order valence-electron chi connectivity index (χ3n) is 5.77. The quantitative estimate of drug-likeness (QED) is 0.649. The molecule has 2 N–H and O–H groups in total. The molecule has 1 unspecified atom stereocenters. The fourth-order valence-electron chi connectivity index (χ4n) is 4.07. The molecule has 2 aromatic heterocycles. The van der Waals surface area contributed by atoms with Gasteiger partial charge in [-0.05, 0) is 37.5 Å².